The van der Waals surface area contributed by atoms with Gasteiger partial charge in [0.1, 0.15) is 6.10 Å². The van der Waals surface area contributed by atoms with Crippen LogP contribution in [0.5, 0.6) is 0 Å². The van der Waals surface area contributed by atoms with Crippen molar-refractivity contribution < 1.29 is 19.1 Å². The summed E-state index contributed by atoms with van der Waals surface area (Å²) in [5.74, 6) is 0.461. The molecule has 1 saturated carbocycles. The van der Waals surface area contributed by atoms with Gasteiger partial charge >= 0.3 is 0 Å². The molecule has 1 aromatic carbocycles. The average Bonchev–Trinajstić information content (AvgIpc) is 3.12. The third-order valence-electron chi connectivity index (χ3n) is 6.14. The van der Waals surface area contributed by atoms with Gasteiger partial charge < -0.3 is 14.8 Å². The molecular formula is C23H25NO4S. The zero-order valence-electron chi connectivity index (χ0n) is 16.2. The number of ketones is 1. The van der Waals surface area contributed by atoms with E-state index in [0.717, 1.165) is 30.4 Å². The van der Waals surface area contributed by atoms with Crippen LogP contribution in [0.3, 0.4) is 0 Å². The molecule has 3 fully saturated rings. The largest absolute Gasteiger partial charge is 0.373 e. The highest BCUT2D eigenvalue weighted by Gasteiger charge is 2.49. The van der Waals surface area contributed by atoms with Crippen LogP contribution in [-0.4, -0.2) is 43.2 Å². The zero-order chi connectivity index (χ0) is 19.8. The van der Waals surface area contributed by atoms with E-state index in [1.165, 1.54) is 4.88 Å². The zero-order valence-corrected chi connectivity index (χ0v) is 17.0. The van der Waals surface area contributed by atoms with Gasteiger partial charge in [-0.15, -0.1) is 11.3 Å². The van der Waals surface area contributed by atoms with Crippen molar-refractivity contribution in [3.63, 3.8) is 0 Å². The summed E-state index contributed by atoms with van der Waals surface area (Å²) in [6, 6.07) is 11.9. The molecule has 1 aliphatic carbocycles. The summed E-state index contributed by atoms with van der Waals surface area (Å²) in [4.78, 5) is 26.5. The molecule has 152 valence electrons. The highest BCUT2D eigenvalue weighted by Crippen LogP contribution is 2.35. The van der Waals surface area contributed by atoms with Gasteiger partial charge in [0, 0.05) is 35.1 Å². The van der Waals surface area contributed by atoms with E-state index in [-0.39, 0.29) is 41.8 Å². The summed E-state index contributed by atoms with van der Waals surface area (Å²) < 4.78 is 11.9. The van der Waals surface area contributed by atoms with Crippen molar-refractivity contribution in [1.82, 2.24) is 5.32 Å². The van der Waals surface area contributed by atoms with Gasteiger partial charge in [0.25, 0.3) is 0 Å². The maximum atomic E-state index is 13.1. The maximum absolute atomic E-state index is 13.1. The lowest BCUT2D eigenvalue weighted by Crippen LogP contribution is -2.44. The van der Waals surface area contributed by atoms with Gasteiger partial charge in [-0.05, 0) is 29.9 Å². The van der Waals surface area contributed by atoms with Crippen molar-refractivity contribution in [2.24, 2.45) is 11.8 Å². The molecule has 2 saturated heterocycles. The molecule has 5 nitrogen and oxygen atoms in total. The molecule has 0 spiro atoms. The van der Waals surface area contributed by atoms with Crippen LogP contribution in [0.25, 0.3) is 0 Å². The molecule has 1 aromatic heterocycles. The Morgan fingerprint density at radius 2 is 1.86 bits per heavy atom. The summed E-state index contributed by atoms with van der Waals surface area (Å²) >= 11 is 1.71. The highest BCUT2D eigenvalue weighted by molar-refractivity contribution is 7.09. The number of carbonyl (C=O) groups is 2. The number of hydrogen-bond donors (Lipinski definition) is 1. The fourth-order valence-corrected chi connectivity index (χ4v) is 5.15. The normalized spacial score (nSPS) is 28.3. The van der Waals surface area contributed by atoms with Crippen molar-refractivity contribution in [2.75, 3.05) is 13.2 Å². The number of ether oxygens (including phenoxy) is 2. The molecule has 3 heterocycles. The minimum Gasteiger partial charge on any atom is -0.373 e. The van der Waals surface area contributed by atoms with E-state index in [1.54, 1.807) is 11.3 Å². The van der Waals surface area contributed by atoms with Crippen LogP contribution in [0.15, 0.2) is 41.8 Å². The molecule has 0 unspecified atom stereocenters. The minimum atomic E-state index is -0.142. The number of carbonyl (C=O) groups excluding carboxylic acids is 2. The maximum Gasteiger partial charge on any atom is 0.223 e. The first kappa shape index (κ1) is 19.0. The summed E-state index contributed by atoms with van der Waals surface area (Å²) in [7, 11) is 0. The van der Waals surface area contributed by atoms with Gasteiger partial charge in [-0.1, -0.05) is 30.3 Å². The predicted octanol–water partition coefficient (Wildman–Crippen LogP) is 3.22. The third kappa shape index (κ3) is 4.02. The minimum absolute atomic E-state index is 0.0325. The second-order valence-corrected chi connectivity index (χ2v) is 9.32. The monoisotopic (exact) mass is 411 g/mol. The lowest BCUT2D eigenvalue weighted by Gasteiger charge is -2.18. The summed E-state index contributed by atoms with van der Waals surface area (Å²) in [6.07, 6.45) is 2.89. The quantitative estimate of drug-likeness (QED) is 0.711. The smallest absolute Gasteiger partial charge is 0.223 e. The number of fused-ring (bicyclic) bond motifs is 1. The van der Waals surface area contributed by atoms with Crippen LogP contribution in [-0.2, 0) is 20.7 Å². The molecule has 29 heavy (non-hydrogen) atoms. The SMILES string of the molecule is O=C(C[C@H]1CO[C@H]2[C@@H]1OC[C@@H]2NC(=O)C1CC1)c1ccccc1Cc1cccs1. The van der Waals surface area contributed by atoms with Gasteiger partial charge in [0.2, 0.25) is 5.91 Å². The van der Waals surface area contributed by atoms with Crippen LogP contribution in [0.1, 0.15) is 40.1 Å². The van der Waals surface area contributed by atoms with E-state index >= 15 is 0 Å². The standard InChI is InChI=1S/C23H25NO4S/c25-20(18-6-2-1-4-15(18)10-17-5-3-9-29-17)11-16-12-27-22-19(13-28-21(16)22)24-23(26)14-7-8-14/h1-6,9,14,16,19,21-22H,7-8,10-13H2,(H,24,26)/t16-,19-,21+,22+/m0/s1. The van der Waals surface area contributed by atoms with Crippen molar-refractivity contribution >= 4 is 23.0 Å². The van der Waals surface area contributed by atoms with Crippen molar-refractivity contribution in [3.8, 4) is 0 Å². The number of thiophene rings is 1. The summed E-state index contributed by atoms with van der Waals surface area (Å²) in [5, 5.41) is 5.14. The Kier molecular flexibility index (Phi) is 5.24. The number of benzene rings is 1. The van der Waals surface area contributed by atoms with Crippen LogP contribution in [0.4, 0.5) is 0 Å². The molecule has 2 aliphatic heterocycles. The molecule has 1 amide bonds. The van der Waals surface area contributed by atoms with Crippen molar-refractivity contribution in [2.45, 2.75) is 43.9 Å². The van der Waals surface area contributed by atoms with Gasteiger partial charge in [-0.3, -0.25) is 9.59 Å². The van der Waals surface area contributed by atoms with Crippen LogP contribution in [0, 0.1) is 11.8 Å². The topological polar surface area (TPSA) is 64.6 Å². The Morgan fingerprint density at radius 1 is 1.03 bits per heavy atom. The fourth-order valence-electron chi connectivity index (χ4n) is 4.42. The average molecular weight is 412 g/mol. The number of hydrogen-bond acceptors (Lipinski definition) is 5. The van der Waals surface area contributed by atoms with Gasteiger partial charge in [-0.2, -0.15) is 0 Å². The van der Waals surface area contributed by atoms with Crippen LogP contribution in [0.2, 0.25) is 0 Å². The summed E-state index contributed by atoms with van der Waals surface area (Å²) in [5.41, 5.74) is 1.86. The Balaban J connectivity index is 1.23. The fraction of sp³-hybridized carbons (Fsp3) is 0.478. The molecule has 1 N–H and O–H groups in total. The first-order valence-corrected chi connectivity index (χ1v) is 11.2. The Labute approximate surface area is 174 Å². The molecule has 0 bridgehead atoms. The van der Waals surface area contributed by atoms with Gasteiger partial charge in [-0.25, -0.2) is 0 Å². The molecule has 2 aromatic rings. The second kappa shape index (κ2) is 8.01. The molecule has 5 rings (SSSR count). The van der Waals surface area contributed by atoms with E-state index in [4.69, 9.17) is 9.47 Å². The summed E-state index contributed by atoms with van der Waals surface area (Å²) in [6.45, 7) is 0.970. The number of Topliss-reactive ketones (excluding diaryl/α,β-unsaturated/α-hetero) is 1. The van der Waals surface area contributed by atoms with E-state index in [0.29, 0.717) is 19.6 Å². The van der Waals surface area contributed by atoms with E-state index in [9.17, 15) is 9.59 Å². The molecule has 0 radical (unpaired) electrons. The Bertz CT molecular complexity index is 892. The van der Waals surface area contributed by atoms with Crippen molar-refractivity contribution in [1.29, 1.82) is 0 Å². The number of rotatable bonds is 7. The lowest BCUT2D eigenvalue weighted by atomic mass is 9.90. The predicted molar refractivity (Wildman–Crippen MR) is 110 cm³/mol. The van der Waals surface area contributed by atoms with Gasteiger partial charge in [0.05, 0.1) is 25.4 Å². The van der Waals surface area contributed by atoms with E-state index < -0.39 is 0 Å². The second-order valence-electron chi connectivity index (χ2n) is 8.29. The molecule has 6 heteroatoms. The van der Waals surface area contributed by atoms with Crippen LogP contribution >= 0.6 is 11.3 Å². The van der Waals surface area contributed by atoms with Crippen molar-refractivity contribution in [3.05, 3.63) is 57.8 Å². The number of amides is 1. The Morgan fingerprint density at radius 3 is 2.66 bits per heavy atom. The third-order valence-corrected chi connectivity index (χ3v) is 7.02. The molecule has 3 aliphatic rings. The van der Waals surface area contributed by atoms with Crippen LogP contribution < -0.4 is 5.32 Å². The highest BCUT2D eigenvalue weighted by atomic mass is 32.1. The first-order chi connectivity index (χ1) is 14.2. The lowest BCUT2D eigenvalue weighted by molar-refractivity contribution is -0.123. The van der Waals surface area contributed by atoms with Gasteiger partial charge in [0.15, 0.2) is 5.78 Å². The van der Waals surface area contributed by atoms with E-state index in [2.05, 4.69) is 16.8 Å². The molecular weight excluding hydrogens is 386 g/mol. The van der Waals surface area contributed by atoms with E-state index in [1.807, 2.05) is 30.3 Å². The Hall–Kier alpha value is -2.02. The molecule has 4 atom stereocenters. The first-order valence-electron chi connectivity index (χ1n) is 10.4. The number of nitrogens with one attached hydrogen (secondary N) is 1.